The summed E-state index contributed by atoms with van der Waals surface area (Å²) in [5, 5.41) is 9.68. The van der Waals surface area contributed by atoms with Crippen molar-refractivity contribution in [3.63, 3.8) is 0 Å². The first-order valence-electron chi connectivity index (χ1n) is 6.07. The third kappa shape index (κ3) is 2.61. The highest BCUT2D eigenvalue weighted by Crippen LogP contribution is 2.39. The Morgan fingerprint density at radius 3 is 2.59 bits per heavy atom. The van der Waals surface area contributed by atoms with E-state index in [1.807, 2.05) is 0 Å². The Hall–Kier alpha value is -1.07. The number of nitrogens with zero attached hydrogens (tertiary/aromatic N) is 1. The summed E-state index contributed by atoms with van der Waals surface area (Å²) < 4.78 is 13.8. The van der Waals surface area contributed by atoms with Crippen molar-refractivity contribution in [2.24, 2.45) is 5.92 Å². The van der Waals surface area contributed by atoms with Gasteiger partial charge in [0.1, 0.15) is 5.82 Å². The van der Waals surface area contributed by atoms with Gasteiger partial charge in [-0.1, -0.05) is 36.9 Å². The molecule has 1 aromatic carbocycles. The first kappa shape index (κ1) is 12.4. The molecule has 0 aromatic heterocycles. The standard InChI is InChI=1S/C14H15ClFN/c15-12-7-4-8-13(16)14(12)11(9-17)10-5-2-1-3-6-10/h4,7-8,10-11H,1-3,5-6H2. The third-order valence-corrected chi connectivity index (χ3v) is 3.90. The molecule has 1 atom stereocenters. The van der Waals surface area contributed by atoms with Gasteiger partial charge in [0, 0.05) is 10.6 Å². The predicted molar refractivity (Wildman–Crippen MR) is 66.3 cm³/mol. The van der Waals surface area contributed by atoms with Crippen LogP contribution in [0.3, 0.4) is 0 Å². The Kier molecular flexibility index (Phi) is 4.02. The lowest BCUT2D eigenvalue weighted by Gasteiger charge is -2.26. The molecule has 0 amide bonds. The molecule has 1 aliphatic carbocycles. The molecular weight excluding hydrogens is 237 g/mol. The van der Waals surface area contributed by atoms with Crippen LogP contribution >= 0.6 is 11.6 Å². The molecule has 0 bridgehead atoms. The van der Waals surface area contributed by atoms with Gasteiger partial charge in [0.2, 0.25) is 0 Å². The molecule has 0 radical (unpaired) electrons. The molecule has 3 heteroatoms. The molecule has 17 heavy (non-hydrogen) atoms. The van der Waals surface area contributed by atoms with E-state index in [9.17, 15) is 9.65 Å². The first-order chi connectivity index (χ1) is 8.24. The van der Waals surface area contributed by atoms with Gasteiger partial charge in [-0.3, -0.25) is 0 Å². The van der Waals surface area contributed by atoms with Gasteiger partial charge in [-0.05, 0) is 30.9 Å². The number of benzene rings is 1. The molecule has 1 nitrogen and oxygen atoms in total. The Morgan fingerprint density at radius 2 is 2.00 bits per heavy atom. The van der Waals surface area contributed by atoms with E-state index < -0.39 is 5.92 Å². The van der Waals surface area contributed by atoms with E-state index in [0.717, 1.165) is 25.7 Å². The van der Waals surface area contributed by atoms with E-state index in [1.165, 1.54) is 12.5 Å². The zero-order chi connectivity index (χ0) is 12.3. The van der Waals surface area contributed by atoms with E-state index in [2.05, 4.69) is 6.07 Å². The van der Waals surface area contributed by atoms with Crippen molar-refractivity contribution in [1.82, 2.24) is 0 Å². The van der Waals surface area contributed by atoms with Crippen molar-refractivity contribution < 1.29 is 4.39 Å². The molecule has 0 spiro atoms. The van der Waals surface area contributed by atoms with E-state index in [-0.39, 0.29) is 11.7 Å². The van der Waals surface area contributed by atoms with E-state index >= 15 is 0 Å². The monoisotopic (exact) mass is 251 g/mol. The van der Waals surface area contributed by atoms with Gasteiger partial charge in [-0.2, -0.15) is 5.26 Å². The molecule has 0 heterocycles. The van der Waals surface area contributed by atoms with Crippen molar-refractivity contribution in [2.45, 2.75) is 38.0 Å². The number of rotatable bonds is 2. The predicted octanol–water partition coefficient (Wildman–Crippen LogP) is 4.67. The lowest BCUT2D eigenvalue weighted by molar-refractivity contribution is 0.331. The van der Waals surface area contributed by atoms with Crippen LogP contribution in [-0.4, -0.2) is 0 Å². The van der Waals surface area contributed by atoms with Crippen LogP contribution in [0.25, 0.3) is 0 Å². The smallest absolute Gasteiger partial charge is 0.129 e. The maximum absolute atomic E-state index is 13.8. The van der Waals surface area contributed by atoms with Crippen LogP contribution in [0.4, 0.5) is 4.39 Å². The van der Waals surface area contributed by atoms with Gasteiger partial charge in [-0.25, -0.2) is 4.39 Å². The van der Waals surface area contributed by atoms with Gasteiger partial charge in [0.15, 0.2) is 0 Å². The molecule has 1 aromatic rings. The average molecular weight is 252 g/mol. The summed E-state index contributed by atoms with van der Waals surface area (Å²) in [5.41, 5.74) is 0.392. The van der Waals surface area contributed by atoms with Crippen LogP contribution in [0, 0.1) is 23.1 Å². The fourth-order valence-corrected chi connectivity index (χ4v) is 2.96. The van der Waals surface area contributed by atoms with Crippen LogP contribution in [0.15, 0.2) is 18.2 Å². The quantitative estimate of drug-likeness (QED) is 0.750. The average Bonchev–Trinajstić information content (AvgIpc) is 2.35. The normalized spacial score (nSPS) is 18.6. The van der Waals surface area contributed by atoms with Crippen molar-refractivity contribution in [2.75, 3.05) is 0 Å². The molecule has 1 unspecified atom stereocenters. The fourth-order valence-electron chi connectivity index (χ4n) is 2.68. The Morgan fingerprint density at radius 1 is 1.29 bits per heavy atom. The zero-order valence-corrected chi connectivity index (χ0v) is 10.4. The number of halogens is 2. The lowest BCUT2D eigenvalue weighted by Crippen LogP contribution is -2.16. The van der Waals surface area contributed by atoms with Crippen LogP contribution in [0.1, 0.15) is 43.6 Å². The maximum Gasteiger partial charge on any atom is 0.129 e. The SMILES string of the molecule is N#CC(c1c(F)cccc1Cl)C1CCCCC1. The van der Waals surface area contributed by atoms with Gasteiger partial charge in [0.05, 0.1) is 12.0 Å². The minimum absolute atomic E-state index is 0.253. The second-order valence-electron chi connectivity index (χ2n) is 4.64. The third-order valence-electron chi connectivity index (χ3n) is 3.57. The van der Waals surface area contributed by atoms with Crippen molar-refractivity contribution in [3.05, 3.63) is 34.6 Å². The Labute approximate surface area is 106 Å². The number of hydrogen-bond acceptors (Lipinski definition) is 1. The molecule has 2 rings (SSSR count). The molecule has 0 aliphatic heterocycles. The Balaban J connectivity index is 2.32. The molecule has 1 aliphatic rings. The van der Waals surface area contributed by atoms with Gasteiger partial charge < -0.3 is 0 Å². The summed E-state index contributed by atoms with van der Waals surface area (Å²) in [6, 6.07) is 6.87. The minimum Gasteiger partial charge on any atom is -0.207 e. The van der Waals surface area contributed by atoms with Crippen molar-refractivity contribution >= 4 is 11.6 Å². The summed E-state index contributed by atoms with van der Waals surface area (Å²) in [6.45, 7) is 0. The van der Waals surface area contributed by atoms with E-state index in [1.54, 1.807) is 12.1 Å². The first-order valence-corrected chi connectivity index (χ1v) is 6.45. The minimum atomic E-state index is -0.399. The highest BCUT2D eigenvalue weighted by Gasteiger charge is 2.28. The van der Waals surface area contributed by atoms with Gasteiger partial charge >= 0.3 is 0 Å². The Bertz CT molecular complexity index is 412. The van der Waals surface area contributed by atoms with Crippen LogP contribution in [0.2, 0.25) is 5.02 Å². The second kappa shape index (κ2) is 5.51. The summed E-state index contributed by atoms with van der Waals surface area (Å²) >= 11 is 6.03. The van der Waals surface area contributed by atoms with E-state index in [0.29, 0.717) is 10.6 Å². The molecule has 1 fully saturated rings. The highest BCUT2D eigenvalue weighted by atomic mass is 35.5. The summed E-state index contributed by atoms with van der Waals surface area (Å²) in [4.78, 5) is 0. The maximum atomic E-state index is 13.8. The number of nitriles is 1. The molecular formula is C14H15ClFN. The fraction of sp³-hybridized carbons (Fsp3) is 0.500. The summed E-state index contributed by atoms with van der Waals surface area (Å²) in [6.07, 6.45) is 5.50. The van der Waals surface area contributed by atoms with Crippen molar-refractivity contribution in [1.29, 1.82) is 5.26 Å². The zero-order valence-electron chi connectivity index (χ0n) is 9.63. The highest BCUT2D eigenvalue weighted by molar-refractivity contribution is 6.31. The van der Waals surface area contributed by atoms with Crippen molar-refractivity contribution in [3.8, 4) is 6.07 Å². The van der Waals surface area contributed by atoms with Gasteiger partial charge in [0.25, 0.3) is 0 Å². The molecule has 0 N–H and O–H groups in total. The molecule has 90 valence electrons. The number of hydrogen-bond donors (Lipinski definition) is 0. The molecule has 0 saturated heterocycles. The van der Waals surface area contributed by atoms with Crippen LogP contribution in [0.5, 0.6) is 0 Å². The topological polar surface area (TPSA) is 23.8 Å². The summed E-state index contributed by atoms with van der Waals surface area (Å²) in [5.74, 6) is -0.498. The second-order valence-corrected chi connectivity index (χ2v) is 5.05. The van der Waals surface area contributed by atoms with Crippen LogP contribution in [-0.2, 0) is 0 Å². The summed E-state index contributed by atoms with van der Waals surface area (Å²) in [7, 11) is 0. The lowest BCUT2D eigenvalue weighted by atomic mass is 9.77. The van der Waals surface area contributed by atoms with Crippen LogP contribution < -0.4 is 0 Å². The molecule has 1 saturated carbocycles. The van der Waals surface area contributed by atoms with E-state index in [4.69, 9.17) is 11.6 Å². The largest absolute Gasteiger partial charge is 0.207 e. The van der Waals surface area contributed by atoms with Gasteiger partial charge in [-0.15, -0.1) is 0 Å².